The molecule has 0 radical (unpaired) electrons. The molecule has 6 heteroatoms. The topological polar surface area (TPSA) is 42.0 Å². The van der Waals surface area contributed by atoms with Gasteiger partial charge in [0.15, 0.2) is 0 Å². The van der Waals surface area contributed by atoms with Crippen LogP contribution in [0.15, 0.2) is 40.2 Å². The van der Waals surface area contributed by atoms with Gasteiger partial charge in [0.05, 0.1) is 14.9 Å². The first kappa shape index (κ1) is 18.4. The fourth-order valence-corrected chi connectivity index (χ4v) is 5.05. The van der Waals surface area contributed by atoms with Crippen LogP contribution in [0, 0.1) is 13.8 Å². The predicted molar refractivity (Wildman–Crippen MR) is 112 cm³/mol. The number of carbonyl (C=O) groups excluding carboxylic acids is 1. The van der Waals surface area contributed by atoms with Crippen LogP contribution in [0.5, 0.6) is 0 Å². The Bertz CT molecular complexity index is 908. The van der Waals surface area contributed by atoms with Crippen molar-refractivity contribution in [2.45, 2.75) is 19.6 Å². The largest absolute Gasteiger partial charge is 0.351 e. The second-order valence-corrected chi connectivity index (χ2v) is 9.50. The van der Waals surface area contributed by atoms with Gasteiger partial charge < -0.3 is 5.32 Å². The molecule has 2 aromatic heterocycles. The van der Waals surface area contributed by atoms with Gasteiger partial charge in [-0.3, -0.25) is 9.78 Å². The minimum atomic E-state index is -0.0273. The van der Waals surface area contributed by atoms with Crippen LogP contribution >= 0.6 is 39.0 Å². The number of nitrogens with zero attached hydrogens (tertiary/aromatic N) is 1. The average Bonchev–Trinajstić information content (AvgIpc) is 2.99. The lowest BCUT2D eigenvalue weighted by atomic mass is 10.0. The summed E-state index contributed by atoms with van der Waals surface area (Å²) in [6.07, 6.45) is 0. The molecule has 25 heavy (non-hydrogen) atoms. The van der Waals surface area contributed by atoms with Crippen molar-refractivity contribution in [3.63, 3.8) is 0 Å². The van der Waals surface area contributed by atoms with Crippen LogP contribution in [0.1, 0.15) is 26.5 Å². The van der Waals surface area contributed by atoms with Crippen molar-refractivity contribution in [1.82, 2.24) is 10.3 Å². The maximum absolute atomic E-state index is 12.6. The van der Waals surface area contributed by atoms with E-state index < -0.39 is 0 Å². The van der Waals surface area contributed by atoms with Gasteiger partial charge in [0, 0.05) is 34.0 Å². The molecule has 0 spiro atoms. The zero-order valence-electron chi connectivity index (χ0n) is 14.1. The van der Waals surface area contributed by atoms with Gasteiger partial charge in [-0.2, -0.15) is 11.8 Å². The SMILES string of the molecule is Cc1ccc2nc(C)cc(C(=O)NCCSCc3ccc(Br)s3)c2c1. The number of nitrogens with one attached hydrogen (secondary N) is 1. The second-order valence-electron chi connectivity index (χ2n) is 5.85. The van der Waals surface area contributed by atoms with E-state index in [2.05, 4.69) is 38.4 Å². The molecule has 0 unspecified atom stereocenters. The number of rotatable bonds is 6. The molecular weight excluding hydrogens is 416 g/mol. The molecule has 3 aromatic rings. The lowest BCUT2D eigenvalue weighted by Gasteiger charge is -2.09. The fraction of sp³-hybridized carbons (Fsp3) is 0.263. The van der Waals surface area contributed by atoms with Crippen LogP contribution in [0.2, 0.25) is 0 Å². The predicted octanol–water partition coefficient (Wildman–Crippen LogP) is 5.34. The number of aromatic nitrogens is 1. The zero-order chi connectivity index (χ0) is 17.8. The molecule has 1 amide bonds. The third-order valence-electron chi connectivity index (χ3n) is 3.74. The number of amides is 1. The molecule has 0 bridgehead atoms. The van der Waals surface area contributed by atoms with Crippen LogP contribution < -0.4 is 5.32 Å². The van der Waals surface area contributed by atoms with Crippen molar-refractivity contribution >= 4 is 55.8 Å². The maximum Gasteiger partial charge on any atom is 0.252 e. The van der Waals surface area contributed by atoms with Crippen LogP contribution in [0.4, 0.5) is 0 Å². The lowest BCUT2D eigenvalue weighted by Crippen LogP contribution is -2.26. The first-order valence-corrected chi connectivity index (χ1v) is 10.8. The van der Waals surface area contributed by atoms with Crippen LogP contribution in [0.25, 0.3) is 10.9 Å². The summed E-state index contributed by atoms with van der Waals surface area (Å²) in [7, 11) is 0. The standard InChI is InChI=1S/C19H19BrN2OS2/c1-12-3-5-17-15(9-12)16(10-13(2)22-17)19(23)21-7-8-24-11-14-4-6-18(20)25-14/h3-6,9-10H,7-8,11H2,1-2H3,(H,21,23). The van der Waals surface area contributed by atoms with E-state index >= 15 is 0 Å². The number of pyridine rings is 1. The maximum atomic E-state index is 12.6. The Balaban J connectivity index is 1.59. The van der Waals surface area contributed by atoms with Gasteiger partial charge in [-0.15, -0.1) is 11.3 Å². The van der Waals surface area contributed by atoms with E-state index in [1.165, 1.54) is 4.88 Å². The van der Waals surface area contributed by atoms with E-state index in [0.29, 0.717) is 12.1 Å². The molecule has 0 atom stereocenters. The van der Waals surface area contributed by atoms with E-state index in [1.807, 2.05) is 49.9 Å². The van der Waals surface area contributed by atoms with Crippen LogP contribution in [-0.4, -0.2) is 23.2 Å². The molecule has 0 aliphatic rings. The van der Waals surface area contributed by atoms with Crippen molar-refractivity contribution in [3.8, 4) is 0 Å². The number of carbonyl (C=O) groups is 1. The number of thiophene rings is 1. The summed E-state index contributed by atoms with van der Waals surface area (Å²) in [4.78, 5) is 18.5. The van der Waals surface area contributed by atoms with Crippen molar-refractivity contribution in [3.05, 3.63) is 61.9 Å². The highest BCUT2D eigenvalue weighted by molar-refractivity contribution is 9.11. The molecule has 1 aromatic carbocycles. The summed E-state index contributed by atoms with van der Waals surface area (Å²) in [5.41, 5.74) is 3.57. The molecule has 0 saturated heterocycles. The Morgan fingerprint density at radius 2 is 2.08 bits per heavy atom. The van der Waals surface area contributed by atoms with E-state index in [9.17, 15) is 4.79 Å². The van der Waals surface area contributed by atoms with Gasteiger partial charge in [0.2, 0.25) is 0 Å². The Morgan fingerprint density at radius 1 is 1.24 bits per heavy atom. The number of aryl methyl sites for hydroxylation is 2. The molecule has 1 N–H and O–H groups in total. The highest BCUT2D eigenvalue weighted by Crippen LogP contribution is 2.25. The van der Waals surface area contributed by atoms with Crippen molar-refractivity contribution in [2.75, 3.05) is 12.3 Å². The summed E-state index contributed by atoms with van der Waals surface area (Å²) < 4.78 is 1.16. The molecule has 0 aliphatic carbocycles. The minimum absolute atomic E-state index is 0.0273. The third-order valence-corrected chi connectivity index (χ3v) is 6.56. The van der Waals surface area contributed by atoms with E-state index in [4.69, 9.17) is 0 Å². The quantitative estimate of drug-likeness (QED) is 0.532. The number of fused-ring (bicyclic) bond motifs is 1. The molecule has 0 fully saturated rings. The van der Waals surface area contributed by atoms with E-state index in [1.54, 1.807) is 11.3 Å². The number of halogens is 1. The molecule has 130 valence electrons. The van der Waals surface area contributed by atoms with Gasteiger partial charge in [0.25, 0.3) is 5.91 Å². The third kappa shape index (κ3) is 4.84. The highest BCUT2D eigenvalue weighted by Gasteiger charge is 2.12. The summed E-state index contributed by atoms with van der Waals surface area (Å²) in [6.45, 7) is 4.61. The monoisotopic (exact) mass is 434 g/mol. The van der Waals surface area contributed by atoms with Crippen LogP contribution in [-0.2, 0) is 5.75 Å². The molecule has 0 aliphatic heterocycles. The Morgan fingerprint density at radius 3 is 2.84 bits per heavy atom. The van der Waals surface area contributed by atoms with E-state index in [0.717, 1.165) is 37.5 Å². The Labute approximate surface area is 164 Å². The first-order chi connectivity index (χ1) is 12.0. The molecule has 3 nitrogen and oxygen atoms in total. The smallest absolute Gasteiger partial charge is 0.252 e. The Hall–Kier alpha value is -1.37. The van der Waals surface area contributed by atoms with Crippen molar-refractivity contribution < 1.29 is 4.79 Å². The first-order valence-electron chi connectivity index (χ1n) is 8.01. The van der Waals surface area contributed by atoms with Crippen LogP contribution in [0.3, 0.4) is 0 Å². The average molecular weight is 435 g/mol. The van der Waals surface area contributed by atoms with Gasteiger partial charge in [-0.1, -0.05) is 11.6 Å². The van der Waals surface area contributed by atoms with Crippen molar-refractivity contribution in [2.24, 2.45) is 0 Å². The molecule has 2 heterocycles. The number of hydrogen-bond donors (Lipinski definition) is 1. The number of thioether (sulfide) groups is 1. The number of benzene rings is 1. The second kappa shape index (κ2) is 8.34. The molecular formula is C19H19BrN2OS2. The van der Waals surface area contributed by atoms with Gasteiger partial charge >= 0.3 is 0 Å². The summed E-state index contributed by atoms with van der Waals surface area (Å²) in [6, 6.07) is 12.1. The van der Waals surface area contributed by atoms with Crippen molar-refractivity contribution in [1.29, 1.82) is 0 Å². The summed E-state index contributed by atoms with van der Waals surface area (Å²) >= 11 is 7.06. The van der Waals surface area contributed by atoms with Gasteiger partial charge in [-0.25, -0.2) is 0 Å². The van der Waals surface area contributed by atoms with Gasteiger partial charge in [0.1, 0.15) is 0 Å². The normalized spacial score (nSPS) is 11.0. The molecule has 3 rings (SSSR count). The van der Waals surface area contributed by atoms with E-state index in [-0.39, 0.29) is 5.91 Å². The zero-order valence-corrected chi connectivity index (χ0v) is 17.4. The summed E-state index contributed by atoms with van der Waals surface area (Å²) in [5.74, 6) is 1.84. The Kier molecular flexibility index (Phi) is 6.15. The van der Waals surface area contributed by atoms with Gasteiger partial charge in [-0.05, 0) is 60.1 Å². The molecule has 0 saturated carbocycles. The lowest BCUT2D eigenvalue weighted by molar-refractivity contribution is 0.0957. The minimum Gasteiger partial charge on any atom is -0.351 e. The fourth-order valence-electron chi connectivity index (χ4n) is 2.59. The highest BCUT2D eigenvalue weighted by atomic mass is 79.9. The summed E-state index contributed by atoms with van der Waals surface area (Å²) in [5, 5.41) is 3.95. The number of hydrogen-bond acceptors (Lipinski definition) is 4.